The first-order valence-electron chi connectivity index (χ1n) is 5.01. The van der Waals surface area contributed by atoms with Crippen LogP contribution >= 0.6 is 22.9 Å². The number of hydrogen-bond acceptors (Lipinski definition) is 6. The fourth-order valence-electron chi connectivity index (χ4n) is 1.24. The van der Waals surface area contributed by atoms with Crippen LogP contribution in [0.3, 0.4) is 0 Å². The summed E-state index contributed by atoms with van der Waals surface area (Å²) < 4.78 is 31.8. The van der Waals surface area contributed by atoms with E-state index in [9.17, 15) is 8.42 Å². The number of nitrogens with one attached hydrogen (secondary N) is 1. The predicted molar refractivity (Wildman–Crippen MR) is 67.3 cm³/mol. The van der Waals surface area contributed by atoms with Crippen molar-refractivity contribution in [3.63, 3.8) is 0 Å². The van der Waals surface area contributed by atoms with E-state index in [-0.39, 0.29) is 10.8 Å². The second kappa shape index (κ2) is 5.35. The van der Waals surface area contributed by atoms with Gasteiger partial charge in [-0.05, 0) is 12.1 Å². The Bertz CT molecular complexity index is 635. The fourth-order valence-corrected chi connectivity index (χ4v) is 3.80. The maximum absolute atomic E-state index is 11.8. The summed E-state index contributed by atoms with van der Waals surface area (Å²) in [5, 5.41) is 7.43. The van der Waals surface area contributed by atoms with Gasteiger partial charge in [0.15, 0.2) is 0 Å². The molecule has 0 amide bonds. The molecule has 0 fully saturated rings. The summed E-state index contributed by atoms with van der Waals surface area (Å²) in [7, 11) is -3.51. The van der Waals surface area contributed by atoms with Crippen molar-refractivity contribution in [3.8, 4) is 0 Å². The van der Waals surface area contributed by atoms with Crippen molar-refractivity contribution < 1.29 is 12.8 Å². The van der Waals surface area contributed by atoms with E-state index in [0.717, 1.165) is 11.3 Å². The Labute approximate surface area is 113 Å². The highest BCUT2D eigenvalue weighted by molar-refractivity contribution is 7.91. The molecule has 18 heavy (non-hydrogen) atoms. The maximum Gasteiger partial charge on any atom is 0.250 e. The van der Waals surface area contributed by atoms with Gasteiger partial charge in [-0.3, -0.25) is 0 Å². The molecule has 0 radical (unpaired) electrons. The van der Waals surface area contributed by atoms with E-state index < -0.39 is 10.0 Å². The number of sulfonamides is 1. The van der Waals surface area contributed by atoms with Crippen LogP contribution in [-0.2, 0) is 16.4 Å². The van der Waals surface area contributed by atoms with Crippen LogP contribution in [0.2, 0.25) is 4.34 Å². The van der Waals surface area contributed by atoms with Crippen molar-refractivity contribution in [3.05, 3.63) is 28.3 Å². The van der Waals surface area contributed by atoms with Crippen LogP contribution in [0.5, 0.6) is 0 Å². The number of halogens is 1. The molecule has 0 bridgehead atoms. The van der Waals surface area contributed by atoms with Crippen LogP contribution < -0.4 is 4.72 Å². The summed E-state index contributed by atoms with van der Waals surface area (Å²) in [6, 6.07) is 3.01. The van der Waals surface area contributed by atoms with Crippen LogP contribution in [0.1, 0.15) is 11.8 Å². The molecule has 2 aromatic heterocycles. The average molecular weight is 308 g/mol. The van der Waals surface area contributed by atoms with Crippen molar-refractivity contribution in [1.29, 1.82) is 0 Å². The fraction of sp³-hybridized carbons (Fsp3) is 0.333. The minimum absolute atomic E-state index is 0.189. The normalized spacial score (nSPS) is 11.9. The number of rotatable bonds is 5. The lowest BCUT2D eigenvalue weighted by molar-refractivity contribution is 0.466. The Morgan fingerprint density at radius 2 is 2.22 bits per heavy atom. The van der Waals surface area contributed by atoms with Gasteiger partial charge >= 0.3 is 0 Å². The van der Waals surface area contributed by atoms with Crippen molar-refractivity contribution in [2.45, 2.75) is 17.6 Å². The predicted octanol–water partition coefficient (Wildman–Crippen LogP) is 1.61. The second-order valence-corrected chi connectivity index (χ2v) is 7.13. The zero-order valence-electron chi connectivity index (χ0n) is 9.38. The van der Waals surface area contributed by atoms with Crippen LogP contribution in [0, 0.1) is 6.92 Å². The largest absolute Gasteiger partial charge is 0.426 e. The summed E-state index contributed by atoms with van der Waals surface area (Å²) in [6.07, 6.45) is 0.346. The Hall–Kier alpha value is -0.960. The monoisotopic (exact) mass is 307 g/mol. The molecular formula is C9H10ClN3O3S2. The summed E-state index contributed by atoms with van der Waals surface area (Å²) in [6.45, 7) is 1.87. The lowest BCUT2D eigenvalue weighted by Crippen LogP contribution is -2.25. The molecule has 0 spiro atoms. The number of aryl methyl sites for hydroxylation is 1. The smallest absolute Gasteiger partial charge is 0.250 e. The Balaban J connectivity index is 1.93. The third kappa shape index (κ3) is 3.29. The van der Waals surface area contributed by atoms with Gasteiger partial charge in [0.1, 0.15) is 4.21 Å². The lowest BCUT2D eigenvalue weighted by Gasteiger charge is -2.02. The molecule has 0 aliphatic carbocycles. The zero-order valence-corrected chi connectivity index (χ0v) is 11.8. The van der Waals surface area contributed by atoms with E-state index in [1.807, 2.05) is 0 Å². The Morgan fingerprint density at radius 1 is 1.44 bits per heavy atom. The molecule has 9 heteroatoms. The van der Waals surface area contributed by atoms with Crippen LogP contribution in [0.4, 0.5) is 0 Å². The molecule has 2 heterocycles. The minimum atomic E-state index is -3.51. The molecular weight excluding hydrogens is 298 g/mol. The molecule has 0 aliphatic heterocycles. The molecule has 98 valence electrons. The van der Waals surface area contributed by atoms with Crippen LogP contribution in [0.25, 0.3) is 0 Å². The average Bonchev–Trinajstić information content (AvgIpc) is 2.88. The van der Waals surface area contributed by atoms with E-state index in [1.54, 1.807) is 13.0 Å². The van der Waals surface area contributed by atoms with Crippen molar-refractivity contribution in [2.75, 3.05) is 6.54 Å². The first-order valence-corrected chi connectivity index (χ1v) is 7.69. The number of aromatic nitrogens is 2. The molecule has 2 rings (SSSR count). The first kappa shape index (κ1) is 13.5. The van der Waals surface area contributed by atoms with Crippen molar-refractivity contribution in [1.82, 2.24) is 14.9 Å². The highest BCUT2D eigenvalue weighted by Gasteiger charge is 2.16. The minimum Gasteiger partial charge on any atom is -0.426 e. The van der Waals surface area contributed by atoms with Crippen LogP contribution in [-0.4, -0.2) is 25.2 Å². The molecule has 0 aliphatic rings. The van der Waals surface area contributed by atoms with Crippen molar-refractivity contribution in [2.24, 2.45) is 0 Å². The Kier molecular flexibility index (Phi) is 4.00. The molecule has 2 aromatic rings. The van der Waals surface area contributed by atoms with E-state index in [4.69, 9.17) is 16.0 Å². The Morgan fingerprint density at radius 3 is 2.78 bits per heavy atom. The zero-order chi connectivity index (χ0) is 13.2. The van der Waals surface area contributed by atoms with Gasteiger partial charge in [-0.1, -0.05) is 11.6 Å². The highest BCUT2D eigenvalue weighted by atomic mass is 35.5. The first-order chi connectivity index (χ1) is 8.47. The third-order valence-electron chi connectivity index (χ3n) is 2.01. The van der Waals surface area contributed by atoms with Gasteiger partial charge in [-0.2, -0.15) is 0 Å². The number of hydrogen-bond donors (Lipinski definition) is 1. The summed E-state index contributed by atoms with van der Waals surface area (Å²) >= 11 is 6.70. The molecule has 1 N–H and O–H groups in total. The van der Waals surface area contributed by atoms with Gasteiger partial charge in [0.25, 0.3) is 0 Å². The SMILES string of the molecule is Cc1nnc(CCNS(=O)(=O)c2ccc(Cl)s2)o1. The maximum atomic E-state index is 11.8. The van der Waals surface area contributed by atoms with Crippen LogP contribution in [0.15, 0.2) is 20.8 Å². The van der Waals surface area contributed by atoms with E-state index in [2.05, 4.69) is 14.9 Å². The lowest BCUT2D eigenvalue weighted by atomic mass is 10.4. The van der Waals surface area contributed by atoms with Gasteiger partial charge in [0.2, 0.25) is 21.8 Å². The highest BCUT2D eigenvalue weighted by Crippen LogP contribution is 2.25. The summed E-state index contributed by atoms with van der Waals surface area (Å²) in [5.41, 5.74) is 0. The number of nitrogens with zero attached hydrogens (tertiary/aromatic N) is 2. The van der Waals surface area contributed by atoms with E-state index >= 15 is 0 Å². The van der Waals surface area contributed by atoms with Gasteiger partial charge in [-0.15, -0.1) is 21.5 Å². The van der Waals surface area contributed by atoms with Gasteiger partial charge in [0, 0.05) is 19.9 Å². The molecule has 6 nitrogen and oxygen atoms in total. The summed E-state index contributed by atoms with van der Waals surface area (Å²) in [4.78, 5) is 0. The topological polar surface area (TPSA) is 85.1 Å². The van der Waals surface area contributed by atoms with E-state index in [1.165, 1.54) is 6.07 Å². The van der Waals surface area contributed by atoms with Gasteiger partial charge in [-0.25, -0.2) is 13.1 Å². The number of thiophene rings is 1. The molecule has 0 saturated heterocycles. The molecule has 0 aromatic carbocycles. The molecule has 0 unspecified atom stereocenters. The van der Waals surface area contributed by atoms with Gasteiger partial charge in [0.05, 0.1) is 4.34 Å². The summed E-state index contributed by atoms with van der Waals surface area (Å²) in [5.74, 6) is 0.859. The van der Waals surface area contributed by atoms with Gasteiger partial charge < -0.3 is 4.42 Å². The van der Waals surface area contributed by atoms with Crippen molar-refractivity contribution >= 4 is 33.0 Å². The van der Waals surface area contributed by atoms with E-state index in [0.29, 0.717) is 22.5 Å². The second-order valence-electron chi connectivity index (χ2n) is 3.42. The third-order valence-corrected chi connectivity index (χ3v) is 5.20. The molecule has 0 saturated carbocycles. The quantitative estimate of drug-likeness (QED) is 0.907. The standard InChI is InChI=1S/C9H10ClN3O3S2/c1-6-12-13-8(16-6)4-5-11-18(14,15)9-3-2-7(10)17-9/h2-3,11H,4-5H2,1H3. The molecule has 0 atom stereocenters.